The van der Waals surface area contributed by atoms with Gasteiger partial charge in [0, 0.05) is 37.2 Å². The Bertz CT molecular complexity index is 941. The van der Waals surface area contributed by atoms with Crippen molar-refractivity contribution in [2.24, 2.45) is 17.8 Å². The first-order valence-electron chi connectivity index (χ1n) is 12.6. The number of ether oxygens (including phenoxy) is 3. The van der Waals surface area contributed by atoms with Crippen molar-refractivity contribution in [3.8, 4) is 0 Å². The van der Waals surface area contributed by atoms with E-state index in [0.717, 1.165) is 6.92 Å². The van der Waals surface area contributed by atoms with E-state index in [0.29, 0.717) is 12.0 Å². The third kappa shape index (κ3) is 5.53. The molecule has 0 saturated heterocycles. The molecule has 0 bridgehead atoms. The van der Waals surface area contributed by atoms with Gasteiger partial charge in [-0.25, -0.2) is 9.59 Å². The summed E-state index contributed by atoms with van der Waals surface area (Å²) in [4.78, 5) is 49.4. The van der Waals surface area contributed by atoms with E-state index in [4.69, 9.17) is 14.2 Å². The molecule has 1 unspecified atom stereocenters. The van der Waals surface area contributed by atoms with E-state index in [1.165, 1.54) is 13.8 Å². The standard InChI is InChI=1S/C26H40O11/c1-8-10-19(28)36-18-12-24(6,37-15(5)27)16-11-17(35-22(30)13(3)9-2)14(4)20(16)21(29)26(18,34)25(7,33)23(31)32/h9,14,16-18,20-21,29,33-34H,8,10-12H2,1-7H3,(H,31,32)/b13-9-/t14-,16-,17+,18-,20?,21-,24-,25+,26+/m0/s1. The Kier molecular flexibility index (Phi) is 9.20. The van der Waals surface area contributed by atoms with Crippen LogP contribution in [0, 0.1) is 17.8 Å². The molecule has 2 fully saturated rings. The first kappa shape index (κ1) is 30.7. The van der Waals surface area contributed by atoms with Crippen LogP contribution in [-0.2, 0) is 33.4 Å². The number of carbonyl (C=O) groups excluding carboxylic acids is 3. The Balaban J connectivity index is 2.71. The van der Waals surface area contributed by atoms with E-state index in [-0.39, 0.29) is 12.8 Å². The zero-order valence-corrected chi connectivity index (χ0v) is 22.5. The van der Waals surface area contributed by atoms with Gasteiger partial charge in [0.25, 0.3) is 0 Å². The van der Waals surface area contributed by atoms with Crippen LogP contribution in [0.4, 0.5) is 0 Å². The lowest BCUT2D eigenvalue weighted by molar-refractivity contribution is -0.258. The second-order valence-electron chi connectivity index (χ2n) is 10.7. The highest BCUT2D eigenvalue weighted by Crippen LogP contribution is 2.56. The number of aliphatic hydroxyl groups is 3. The third-order valence-electron chi connectivity index (χ3n) is 8.14. The van der Waals surface area contributed by atoms with Gasteiger partial charge in [-0.2, -0.15) is 0 Å². The molecule has 2 rings (SSSR count). The molecule has 0 spiro atoms. The van der Waals surface area contributed by atoms with Crippen LogP contribution in [0.1, 0.15) is 74.1 Å². The molecule has 11 nitrogen and oxygen atoms in total. The molecular formula is C26H40O11. The highest BCUT2D eigenvalue weighted by Gasteiger charge is 2.71. The van der Waals surface area contributed by atoms with Gasteiger partial charge in [-0.1, -0.05) is 19.9 Å². The van der Waals surface area contributed by atoms with Crippen molar-refractivity contribution in [1.29, 1.82) is 0 Å². The molecule has 0 aromatic carbocycles. The average molecular weight is 529 g/mol. The van der Waals surface area contributed by atoms with Crippen LogP contribution in [0.5, 0.6) is 0 Å². The number of allylic oxidation sites excluding steroid dienone is 1. The summed E-state index contributed by atoms with van der Waals surface area (Å²) in [6.07, 6.45) is -2.89. The van der Waals surface area contributed by atoms with Gasteiger partial charge in [0.05, 0.1) is 6.10 Å². The Morgan fingerprint density at radius 1 is 1.16 bits per heavy atom. The summed E-state index contributed by atoms with van der Waals surface area (Å²) in [5.74, 6) is -6.34. The van der Waals surface area contributed by atoms with Gasteiger partial charge in [0.2, 0.25) is 0 Å². The molecule has 9 atom stereocenters. The van der Waals surface area contributed by atoms with Gasteiger partial charge >= 0.3 is 23.9 Å². The number of hydrogen-bond acceptors (Lipinski definition) is 10. The molecule has 0 aliphatic heterocycles. The first-order chi connectivity index (χ1) is 17.0. The zero-order chi connectivity index (χ0) is 28.5. The van der Waals surface area contributed by atoms with E-state index in [1.54, 1.807) is 33.8 Å². The number of rotatable bonds is 8. The number of fused-ring (bicyclic) bond motifs is 1. The summed E-state index contributed by atoms with van der Waals surface area (Å²) in [5.41, 5.74) is -7.02. The molecular weight excluding hydrogens is 488 g/mol. The lowest BCUT2D eigenvalue weighted by atomic mass is 9.69. The van der Waals surface area contributed by atoms with Crippen LogP contribution in [0.25, 0.3) is 0 Å². The molecule has 210 valence electrons. The predicted molar refractivity (Wildman–Crippen MR) is 129 cm³/mol. The number of hydrogen-bond donors (Lipinski definition) is 4. The fourth-order valence-electron chi connectivity index (χ4n) is 5.83. The van der Waals surface area contributed by atoms with Crippen LogP contribution in [0.2, 0.25) is 0 Å². The van der Waals surface area contributed by atoms with Crippen molar-refractivity contribution in [3.63, 3.8) is 0 Å². The Morgan fingerprint density at radius 3 is 2.24 bits per heavy atom. The van der Waals surface area contributed by atoms with Crippen molar-refractivity contribution in [2.75, 3.05) is 0 Å². The zero-order valence-electron chi connectivity index (χ0n) is 22.5. The molecule has 4 N–H and O–H groups in total. The third-order valence-corrected chi connectivity index (χ3v) is 8.14. The highest BCUT2D eigenvalue weighted by atomic mass is 16.6. The number of esters is 3. The molecule has 2 aliphatic rings. The van der Waals surface area contributed by atoms with Gasteiger partial charge in [-0.15, -0.1) is 0 Å². The van der Waals surface area contributed by atoms with E-state index in [9.17, 15) is 39.6 Å². The van der Waals surface area contributed by atoms with E-state index in [2.05, 4.69) is 0 Å². The minimum absolute atomic E-state index is 0.0618. The number of carboxylic acid groups (broad SMARTS) is 1. The second-order valence-corrected chi connectivity index (χ2v) is 10.7. The fraction of sp³-hybridized carbons (Fsp3) is 0.769. The highest BCUT2D eigenvalue weighted by molar-refractivity contribution is 5.87. The summed E-state index contributed by atoms with van der Waals surface area (Å²) in [7, 11) is 0. The summed E-state index contributed by atoms with van der Waals surface area (Å²) in [6.45, 7) is 10.2. The first-order valence-corrected chi connectivity index (χ1v) is 12.6. The van der Waals surface area contributed by atoms with Crippen molar-refractivity contribution in [3.05, 3.63) is 11.6 Å². The average Bonchev–Trinajstić information content (AvgIpc) is 3.09. The molecule has 0 aromatic heterocycles. The normalized spacial score (nSPS) is 37.5. The molecule has 0 amide bonds. The van der Waals surface area contributed by atoms with Crippen molar-refractivity contribution < 1.29 is 53.8 Å². The minimum Gasteiger partial charge on any atom is -0.479 e. The summed E-state index contributed by atoms with van der Waals surface area (Å²) in [6, 6.07) is 0. The lowest BCUT2D eigenvalue weighted by Gasteiger charge is -2.47. The van der Waals surface area contributed by atoms with Crippen LogP contribution in [0.15, 0.2) is 11.6 Å². The molecule has 0 heterocycles. The number of carboxylic acids is 1. The Morgan fingerprint density at radius 2 is 1.76 bits per heavy atom. The summed E-state index contributed by atoms with van der Waals surface area (Å²) in [5, 5.41) is 44.5. The second kappa shape index (κ2) is 11.1. The topological polar surface area (TPSA) is 177 Å². The summed E-state index contributed by atoms with van der Waals surface area (Å²) < 4.78 is 16.9. The van der Waals surface area contributed by atoms with E-state index in [1.807, 2.05) is 0 Å². The molecule has 0 aromatic rings. The van der Waals surface area contributed by atoms with Crippen LogP contribution >= 0.6 is 0 Å². The largest absolute Gasteiger partial charge is 0.479 e. The van der Waals surface area contributed by atoms with Crippen molar-refractivity contribution in [1.82, 2.24) is 0 Å². The van der Waals surface area contributed by atoms with Gasteiger partial charge in [0.1, 0.15) is 17.8 Å². The summed E-state index contributed by atoms with van der Waals surface area (Å²) >= 11 is 0. The maximum atomic E-state index is 12.5. The predicted octanol–water partition coefficient (Wildman–Crippen LogP) is 1.50. The van der Waals surface area contributed by atoms with E-state index < -0.39 is 83.2 Å². The Labute approximate surface area is 216 Å². The maximum Gasteiger partial charge on any atom is 0.338 e. The fourth-order valence-corrected chi connectivity index (χ4v) is 5.83. The number of aliphatic carboxylic acids is 1. The monoisotopic (exact) mass is 528 g/mol. The van der Waals surface area contributed by atoms with Gasteiger partial charge in [-0.3, -0.25) is 9.59 Å². The van der Waals surface area contributed by atoms with E-state index >= 15 is 0 Å². The van der Waals surface area contributed by atoms with Crippen LogP contribution in [-0.4, -0.2) is 79.4 Å². The minimum atomic E-state index is -2.98. The van der Waals surface area contributed by atoms with Gasteiger partial charge in [-0.05, 0) is 46.5 Å². The molecule has 2 aliphatic carbocycles. The van der Waals surface area contributed by atoms with Crippen LogP contribution in [0.3, 0.4) is 0 Å². The molecule has 2 saturated carbocycles. The van der Waals surface area contributed by atoms with Gasteiger partial charge in [0.15, 0.2) is 11.2 Å². The molecule has 37 heavy (non-hydrogen) atoms. The quantitative estimate of drug-likeness (QED) is 0.204. The lowest BCUT2D eigenvalue weighted by Crippen LogP contribution is -2.71. The van der Waals surface area contributed by atoms with Crippen LogP contribution < -0.4 is 0 Å². The van der Waals surface area contributed by atoms with Crippen molar-refractivity contribution in [2.45, 2.75) is 109 Å². The Hall–Kier alpha value is -2.50. The molecule has 0 radical (unpaired) electrons. The smallest absolute Gasteiger partial charge is 0.338 e. The van der Waals surface area contributed by atoms with Gasteiger partial charge < -0.3 is 34.6 Å². The maximum absolute atomic E-state index is 12.5. The SMILES string of the molecule is C/C=C(/C)C(=O)O[C@@H]1C[C@H]2C([C@H]1C)[C@H](O)[C@@](O)([C@](C)(O)C(=O)O)[C@@H](OC(=O)CCC)C[C@]2(C)OC(C)=O. The number of aliphatic hydroxyl groups excluding tert-OH is 1. The number of carbonyl (C=O) groups is 4. The molecule has 11 heteroatoms. The van der Waals surface area contributed by atoms with Crippen molar-refractivity contribution >= 4 is 23.9 Å².